The Labute approximate surface area is 155 Å². The molecule has 1 aliphatic heterocycles. The highest BCUT2D eigenvalue weighted by Gasteiger charge is 2.21. The average Bonchev–Trinajstić information content (AvgIpc) is 3.28. The third-order valence-corrected chi connectivity index (χ3v) is 4.92. The summed E-state index contributed by atoms with van der Waals surface area (Å²) in [4.78, 5) is 25.8. The van der Waals surface area contributed by atoms with Gasteiger partial charge in [-0.25, -0.2) is 4.68 Å². The van der Waals surface area contributed by atoms with Crippen LogP contribution in [0.5, 0.6) is 0 Å². The van der Waals surface area contributed by atoms with Gasteiger partial charge in [0.15, 0.2) is 0 Å². The molecule has 1 saturated heterocycles. The van der Waals surface area contributed by atoms with Crippen LogP contribution in [0.25, 0.3) is 11.0 Å². The van der Waals surface area contributed by atoms with E-state index in [1.165, 1.54) is 0 Å². The van der Waals surface area contributed by atoms with Gasteiger partial charge in [-0.3, -0.25) is 9.59 Å². The number of aromatic nitrogens is 4. The number of benzene rings is 1. The molecule has 140 valence electrons. The summed E-state index contributed by atoms with van der Waals surface area (Å²) in [7, 11) is 1.78. The van der Waals surface area contributed by atoms with Crippen LogP contribution in [-0.2, 0) is 18.3 Å². The molecule has 0 aliphatic carbocycles. The van der Waals surface area contributed by atoms with Crippen LogP contribution >= 0.6 is 0 Å². The summed E-state index contributed by atoms with van der Waals surface area (Å²) in [6, 6.07) is 7.22. The molecule has 1 unspecified atom stereocenters. The van der Waals surface area contributed by atoms with Crippen molar-refractivity contribution in [3.63, 3.8) is 0 Å². The van der Waals surface area contributed by atoms with Gasteiger partial charge in [-0.2, -0.15) is 0 Å². The summed E-state index contributed by atoms with van der Waals surface area (Å²) in [6.45, 7) is 2.94. The first kappa shape index (κ1) is 17.4. The van der Waals surface area contributed by atoms with Crippen LogP contribution in [0.4, 0.5) is 5.69 Å². The zero-order valence-electron chi connectivity index (χ0n) is 15.3. The number of pyridine rings is 1. The van der Waals surface area contributed by atoms with E-state index in [9.17, 15) is 9.59 Å². The van der Waals surface area contributed by atoms with E-state index >= 15 is 0 Å². The van der Waals surface area contributed by atoms with Crippen LogP contribution in [0.2, 0.25) is 0 Å². The second-order valence-corrected chi connectivity index (χ2v) is 6.81. The van der Waals surface area contributed by atoms with Gasteiger partial charge in [0.25, 0.3) is 11.5 Å². The predicted molar refractivity (Wildman–Crippen MR) is 101 cm³/mol. The zero-order valence-corrected chi connectivity index (χ0v) is 15.3. The quantitative estimate of drug-likeness (QED) is 0.760. The first-order chi connectivity index (χ1) is 13.0. The molecular formula is C19H21N5O3. The Kier molecular flexibility index (Phi) is 4.49. The minimum Gasteiger partial charge on any atom is -0.376 e. The molecule has 3 heterocycles. The smallest absolute Gasteiger partial charge is 0.263 e. The lowest BCUT2D eigenvalue weighted by molar-refractivity contribution is 0.0952. The fourth-order valence-corrected chi connectivity index (χ4v) is 3.44. The summed E-state index contributed by atoms with van der Waals surface area (Å²) < 4.78 is 8.80. The number of anilines is 1. The maximum atomic E-state index is 12.9. The first-order valence-electron chi connectivity index (χ1n) is 8.96. The van der Waals surface area contributed by atoms with Crippen molar-refractivity contribution in [3.8, 4) is 0 Å². The van der Waals surface area contributed by atoms with Crippen molar-refractivity contribution in [2.45, 2.75) is 32.4 Å². The lowest BCUT2D eigenvalue weighted by atomic mass is 10.1. The minimum atomic E-state index is -0.447. The van der Waals surface area contributed by atoms with E-state index in [1.807, 2.05) is 12.1 Å². The number of nitrogens with zero attached hydrogens (tertiary/aromatic N) is 4. The van der Waals surface area contributed by atoms with E-state index in [-0.39, 0.29) is 17.2 Å². The number of rotatable bonds is 4. The highest BCUT2D eigenvalue weighted by molar-refractivity contribution is 6.08. The molecule has 8 nitrogen and oxygen atoms in total. The fraction of sp³-hybridized carbons (Fsp3) is 0.368. The standard InChI is InChI=1S/C19H21N5O3/c1-12-8-9-24(11-13-5-4-10-27-13)19(26)16(12)18(25)20-14-6-3-7-15-17(14)21-22-23(15)2/h3,6-9,13H,4-5,10-11H2,1-2H3,(H,20,25). The summed E-state index contributed by atoms with van der Waals surface area (Å²) in [5.74, 6) is -0.447. The summed E-state index contributed by atoms with van der Waals surface area (Å²) in [5, 5.41) is 10.9. The van der Waals surface area contributed by atoms with Gasteiger partial charge in [0.2, 0.25) is 0 Å². The largest absolute Gasteiger partial charge is 0.376 e. The molecule has 3 aromatic rings. The Hall–Kier alpha value is -3.00. The Morgan fingerprint density at radius 1 is 1.37 bits per heavy atom. The van der Waals surface area contributed by atoms with E-state index in [0.717, 1.165) is 25.0 Å². The van der Waals surface area contributed by atoms with Gasteiger partial charge in [0, 0.05) is 19.9 Å². The third kappa shape index (κ3) is 3.23. The molecule has 4 rings (SSSR count). The Balaban J connectivity index is 1.65. The molecule has 0 spiro atoms. The maximum absolute atomic E-state index is 12.9. The molecule has 1 aliphatic rings. The van der Waals surface area contributed by atoms with Gasteiger partial charge in [-0.05, 0) is 43.5 Å². The van der Waals surface area contributed by atoms with Crippen LogP contribution in [0.1, 0.15) is 28.8 Å². The Morgan fingerprint density at radius 2 is 2.22 bits per heavy atom. The molecule has 1 aromatic carbocycles. The van der Waals surface area contributed by atoms with Crippen LogP contribution in [-0.4, -0.2) is 38.2 Å². The summed E-state index contributed by atoms with van der Waals surface area (Å²) in [6.07, 6.45) is 3.67. The van der Waals surface area contributed by atoms with E-state index in [4.69, 9.17) is 4.74 Å². The number of aryl methyl sites for hydroxylation is 2. The van der Waals surface area contributed by atoms with E-state index in [0.29, 0.717) is 23.3 Å². The number of ether oxygens (including phenoxy) is 1. The van der Waals surface area contributed by atoms with Crippen molar-refractivity contribution in [2.24, 2.45) is 7.05 Å². The monoisotopic (exact) mass is 367 g/mol. The minimum absolute atomic E-state index is 0.0228. The molecule has 1 fully saturated rings. The van der Waals surface area contributed by atoms with Crippen molar-refractivity contribution in [3.05, 3.63) is 51.9 Å². The first-order valence-corrected chi connectivity index (χ1v) is 8.96. The van der Waals surface area contributed by atoms with E-state index < -0.39 is 5.91 Å². The van der Waals surface area contributed by atoms with Crippen molar-refractivity contribution >= 4 is 22.6 Å². The number of carbonyl (C=O) groups is 1. The number of nitrogens with one attached hydrogen (secondary N) is 1. The maximum Gasteiger partial charge on any atom is 0.263 e. The van der Waals surface area contributed by atoms with E-state index in [1.54, 1.807) is 41.5 Å². The van der Waals surface area contributed by atoms with E-state index in [2.05, 4.69) is 15.6 Å². The molecule has 2 aromatic heterocycles. The van der Waals surface area contributed by atoms with Crippen LogP contribution in [0.3, 0.4) is 0 Å². The number of fused-ring (bicyclic) bond motifs is 1. The topological polar surface area (TPSA) is 91.0 Å². The van der Waals surface area contributed by atoms with Gasteiger partial charge in [-0.15, -0.1) is 5.10 Å². The second-order valence-electron chi connectivity index (χ2n) is 6.81. The number of hydrogen-bond donors (Lipinski definition) is 1. The molecule has 1 N–H and O–H groups in total. The molecule has 0 bridgehead atoms. The highest BCUT2D eigenvalue weighted by atomic mass is 16.5. The van der Waals surface area contributed by atoms with Crippen LogP contribution < -0.4 is 10.9 Å². The SMILES string of the molecule is Cc1ccn(CC2CCCO2)c(=O)c1C(=O)Nc1cccc2c1nnn2C. The molecule has 27 heavy (non-hydrogen) atoms. The normalized spacial score (nSPS) is 16.7. The van der Waals surface area contributed by atoms with Gasteiger partial charge in [0.05, 0.1) is 23.9 Å². The molecular weight excluding hydrogens is 346 g/mol. The second kappa shape index (κ2) is 6.96. The third-order valence-electron chi connectivity index (χ3n) is 4.92. The van der Waals surface area contributed by atoms with Crippen molar-refractivity contribution in [2.75, 3.05) is 11.9 Å². The molecule has 0 saturated carbocycles. The molecule has 1 amide bonds. The lowest BCUT2D eigenvalue weighted by Crippen LogP contribution is -2.32. The lowest BCUT2D eigenvalue weighted by Gasteiger charge is -2.14. The average molecular weight is 367 g/mol. The fourth-order valence-electron chi connectivity index (χ4n) is 3.44. The van der Waals surface area contributed by atoms with Crippen molar-refractivity contribution < 1.29 is 9.53 Å². The van der Waals surface area contributed by atoms with Crippen molar-refractivity contribution in [1.29, 1.82) is 0 Å². The predicted octanol–water partition coefficient (Wildman–Crippen LogP) is 1.87. The number of amides is 1. The summed E-state index contributed by atoms with van der Waals surface area (Å²) in [5.41, 5.74) is 2.37. The zero-order chi connectivity index (χ0) is 19.0. The molecule has 1 atom stereocenters. The number of carbonyl (C=O) groups excluding carboxylic acids is 1. The van der Waals surface area contributed by atoms with Gasteiger partial charge < -0.3 is 14.6 Å². The Morgan fingerprint density at radius 3 is 3.00 bits per heavy atom. The summed E-state index contributed by atoms with van der Waals surface area (Å²) >= 11 is 0. The molecule has 0 radical (unpaired) electrons. The van der Waals surface area contributed by atoms with Crippen LogP contribution in [0, 0.1) is 6.92 Å². The molecule has 8 heteroatoms. The van der Waals surface area contributed by atoms with Crippen molar-refractivity contribution in [1.82, 2.24) is 19.6 Å². The number of hydrogen-bond acceptors (Lipinski definition) is 5. The van der Waals surface area contributed by atoms with Gasteiger partial charge in [-0.1, -0.05) is 11.3 Å². The van der Waals surface area contributed by atoms with Crippen LogP contribution in [0.15, 0.2) is 35.3 Å². The van der Waals surface area contributed by atoms with Gasteiger partial charge in [0.1, 0.15) is 11.1 Å². The highest BCUT2D eigenvalue weighted by Crippen LogP contribution is 2.21. The van der Waals surface area contributed by atoms with Gasteiger partial charge >= 0.3 is 0 Å². The Bertz CT molecular complexity index is 1060.